The molecular formula is C21H24N2O5S. The molecule has 2 aliphatic rings. The van der Waals surface area contributed by atoms with E-state index < -0.39 is 15.9 Å². The summed E-state index contributed by atoms with van der Waals surface area (Å²) in [6.45, 7) is 2.79. The number of anilines is 1. The Hall–Kier alpha value is -2.74. The van der Waals surface area contributed by atoms with Crippen molar-refractivity contribution in [2.45, 2.75) is 25.6 Å². The highest BCUT2D eigenvalue weighted by Gasteiger charge is 2.53. The normalized spacial score (nSPS) is 22.6. The number of benzene rings is 2. The summed E-state index contributed by atoms with van der Waals surface area (Å²) >= 11 is 0. The van der Waals surface area contributed by atoms with Crippen LogP contribution in [-0.4, -0.2) is 56.7 Å². The number of hydrogen-bond donors (Lipinski definition) is 0. The molecule has 2 heterocycles. The second-order valence-electron chi connectivity index (χ2n) is 7.27. The summed E-state index contributed by atoms with van der Waals surface area (Å²) in [5, 5.41) is 0. The van der Waals surface area contributed by atoms with Crippen molar-refractivity contribution in [1.29, 1.82) is 0 Å². The number of amides is 2. The summed E-state index contributed by atoms with van der Waals surface area (Å²) in [5.41, 5.74) is 1.58. The highest BCUT2D eigenvalue weighted by molar-refractivity contribution is 7.91. The van der Waals surface area contributed by atoms with Crippen molar-refractivity contribution in [3.63, 3.8) is 0 Å². The van der Waals surface area contributed by atoms with E-state index in [4.69, 9.17) is 9.47 Å². The Bertz CT molecular complexity index is 1010. The maximum absolute atomic E-state index is 13.3. The second kappa shape index (κ2) is 7.59. The van der Waals surface area contributed by atoms with E-state index in [1.165, 1.54) is 0 Å². The molecule has 0 radical (unpaired) electrons. The van der Waals surface area contributed by atoms with Crippen molar-refractivity contribution in [2.24, 2.45) is 0 Å². The SMILES string of the molecule is CCOc1ccc(N2C(=O)N(Cc3cccc(OC)c3)[C@@H]3CS(=O)(=O)C[C@H]32)cc1. The predicted octanol–water partition coefficient (Wildman–Crippen LogP) is 2.70. The Morgan fingerprint density at radius 3 is 2.45 bits per heavy atom. The third kappa shape index (κ3) is 3.76. The van der Waals surface area contributed by atoms with Gasteiger partial charge < -0.3 is 14.4 Å². The number of nitrogens with zero attached hydrogens (tertiary/aromatic N) is 2. The van der Waals surface area contributed by atoms with E-state index in [1.54, 1.807) is 41.2 Å². The van der Waals surface area contributed by atoms with Gasteiger partial charge >= 0.3 is 6.03 Å². The lowest BCUT2D eigenvalue weighted by molar-refractivity contribution is 0.205. The monoisotopic (exact) mass is 416 g/mol. The number of carbonyl (C=O) groups excluding carboxylic acids is 1. The molecule has 0 N–H and O–H groups in total. The van der Waals surface area contributed by atoms with Crippen molar-refractivity contribution in [3.05, 3.63) is 54.1 Å². The van der Waals surface area contributed by atoms with E-state index in [2.05, 4.69) is 0 Å². The Morgan fingerprint density at radius 1 is 1.03 bits per heavy atom. The maximum atomic E-state index is 13.3. The molecule has 0 unspecified atom stereocenters. The molecule has 2 fully saturated rings. The fourth-order valence-electron chi connectivity index (χ4n) is 4.10. The molecule has 2 aliphatic heterocycles. The zero-order valence-electron chi connectivity index (χ0n) is 16.4. The van der Waals surface area contributed by atoms with E-state index >= 15 is 0 Å². The number of fused-ring (bicyclic) bond motifs is 1. The first-order valence-electron chi connectivity index (χ1n) is 9.58. The molecule has 0 spiro atoms. The Morgan fingerprint density at radius 2 is 1.76 bits per heavy atom. The van der Waals surface area contributed by atoms with Gasteiger partial charge in [0.15, 0.2) is 9.84 Å². The zero-order chi connectivity index (χ0) is 20.6. The van der Waals surface area contributed by atoms with Gasteiger partial charge in [-0.25, -0.2) is 13.2 Å². The molecule has 2 amide bonds. The third-order valence-electron chi connectivity index (χ3n) is 5.39. The van der Waals surface area contributed by atoms with E-state index in [1.807, 2.05) is 31.2 Å². The van der Waals surface area contributed by atoms with Gasteiger partial charge in [-0.3, -0.25) is 4.90 Å². The highest BCUT2D eigenvalue weighted by atomic mass is 32.2. The molecule has 2 aromatic carbocycles. The van der Waals surface area contributed by atoms with Crippen LogP contribution < -0.4 is 14.4 Å². The minimum atomic E-state index is -3.21. The minimum absolute atomic E-state index is 0.0130. The number of methoxy groups -OCH3 is 1. The van der Waals surface area contributed by atoms with Gasteiger partial charge in [-0.2, -0.15) is 0 Å². The van der Waals surface area contributed by atoms with Crippen molar-refractivity contribution in [2.75, 3.05) is 30.1 Å². The first-order chi connectivity index (χ1) is 13.9. The zero-order valence-corrected chi connectivity index (χ0v) is 17.3. The van der Waals surface area contributed by atoms with Crippen molar-refractivity contribution >= 4 is 21.6 Å². The fourth-order valence-corrected chi connectivity index (χ4v) is 6.05. The largest absolute Gasteiger partial charge is 0.497 e. The van der Waals surface area contributed by atoms with Crippen LogP contribution >= 0.6 is 0 Å². The molecule has 154 valence electrons. The summed E-state index contributed by atoms with van der Waals surface area (Å²) < 4.78 is 35.5. The quantitative estimate of drug-likeness (QED) is 0.677. The molecule has 0 saturated carbocycles. The summed E-state index contributed by atoms with van der Waals surface area (Å²) in [4.78, 5) is 16.6. The second-order valence-corrected chi connectivity index (χ2v) is 9.42. The smallest absolute Gasteiger partial charge is 0.325 e. The van der Waals surface area contributed by atoms with E-state index in [0.29, 0.717) is 30.3 Å². The molecule has 2 saturated heterocycles. The number of urea groups is 1. The Balaban J connectivity index is 1.65. The summed E-state index contributed by atoms with van der Waals surface area (Å²) in [7, 11) is -1.62. The summed E-state index contributed by atoms with van der Waals surface area (Å²) in [6, 6.07) is 13.7. The molecule has 0 aromatic heterocycles. The lowest BCUT2D eigenvalue weighted by atomic mass is 10.1. The molecular weight excluding hydrogens is 392 g/mol. The topological polar surface area (TPSA) is 76.2 Å². The molecule has 8 heteroatoms. The van der Waals surface area contributed by atoms with Gasteiger partial charge in [0.05, 0.1) is 37.3 Å². The first kappa shape index (κ1) is 19.6. The summed E-state index contributed by atoms with van der Waals surface area (Å²) in [6.07, 6.45) is 0. The molecule has 4 rings (SSSR count). The first-order valence-corrected chi connectivity index (χ1v) is 11.4. The minimum Gasteiger partial charge on any atom is -0.497 e. The van der Waals surface area contributed by atoms with E-state index in [0.717, 1.165) is 5.56 Å². The fraction of sp³-hybridized carbons (Fsp3) is 0.381. The number of hydrogen-bond acceptors (Lipinski definition) is 5. The number of sulfone groups is 1. The van der Waals surface area contributed by atoms with E-state index in [9.17, 15) is 13.2 Å². The molecule has 2 atom stereocenters. The average Bonchev–Trinajstić information content (AvgIpc) is 3.13. The van der Waals surface area contributed by atoms with Crippen LogP contribution in [0, 0.1) is 0 Å². The van der Waals surface area contributed by atoms with Crippen LogP contribution in [0.5, 0.6) is 11.5 Å². The van der Waals surface area contributed by atoms with Gasteiger partial charge in [-0.05, 0) is 48.9 Å². The van der Waals surface area contributed by atoms with Crippen LogP contribution in [0.15, 0.2) is 48.5 Å². The number of ether oxygens (including phenoxy) is 2. The molecule has 29 heavy (non-hydrogen) atoms. The van der Waals surface area contributed by atoms with Crippen LogP contribution in [0.25, 0.3) is 0 Å². The van der Waals surface area contributed by atoms with Gasteiger partial charge in [0, 0.05) is 12.2 Å². The van der Waals surface area contributed by atoms with Crippen molar-refractivity contribution in [3.8, 4) is 11.5 Å². The van der Waals surface area contributed by atoms with Gasteiger partial charge in [0.1, 0.15) is 11.5 Å². The van der Waals surface area contributed by atoms with Gasteiger partial charge in [0.2, 0.25) is 0 Å². The van der Waals surface area contributed by atoms with Crippen LogP contribution in [0.3, 0.4) is 0 Å². The van der Waals surface area contributed by atoms with Crippen LogP contribution in [0.2, 0.25) is 0 Å². The van der Waals surface area contributed by atoms with Crippen LogP contribution in [0.1, 0.15) is 12.5 Å². The van der Waals surface area contributed by atoms with Crippen LogP contribution in [0.4, 0.5) is 10.5 Å². The number of carbonyl (C=O) groups is 1. The molecule has 2 aromatic rings. The van der Waals surface area contributed by atoms with Gasteiger partial charge in [-0.15, -0.1) is 0 Å². The predicted molar refractivity (Wildman–Crippen MR) is 110 cm³/mol. The van der Waals surface area contributed by atoms with Crippen LogP contribution in [-0.2, 0) is 16.4 Å². The Kier molecular flexibility index (Phi) is 5.12. The number of rotatable bonds is 6. The van der Waals surface area contributed by atoms with Crippen molar-refractivity contribution in [1.82, 2.24) is 4.90 Å². The highest BCUT2D eigenvalue weighted by Crippen LogP contribution is 2.36. The Labute approximate surface area is 170 Å². The lowest BCUT2D eigenvalue weighted by Crippen LogP contribution is -2.37. The molecule has 0 bridgehead atoms. The van der Waals surface area contributed by atoms with Gasteiger partial charge in [-0.1, -0.05) is 12.1 Å². The molecule has 7 nitrogen and oxygen atoms in total. The lowest BCUT2D eigenvalue weighted by Gasteiger charge is -2.23. The average molecular weight is 416 g/mol. The third-order valence-corrected chi connectivity index (χ3v) is 7.09. The van der Waals surface area contributed by atoms with Crippen molar-refractivity contribution < 1.29 is 22.7 Å². The van der Waals surface area contributed by atoms with E-state index in [-0.39, 0.29) is 23.6 Å². The molecule has 0 aliphatic carbocycles. The van der Waals surface area contributed by atoms with Gasteiger partial charge in [0.25, 0.3) is 0 Å². The standard InChI is InChI=1S/C21H24N2O5S/c1-3-28-17-9-7-16(8-10-17)23-20-14-29(25,26)13-19(20)22(21(23)24)12-15-5-4-6-18(11-15)27-2/h4-11,19-20H,3,12-14H2,1-2H3/t19-,20-/m1/s1. The summed E-state index contributed by atoms with van der Waals surface area (Å²) in [5.74, 6) is 1.38. The maximum Gasteiger partial charge on any atom is 0.325 e.